The van der Waals surface area contributed by atoms with Crippen molar-refractivity contribution < 1.29 is 4.52 Å². The van der Waals surface area contributed by atoms with Gasteiger partial charge in [0.05, 0.1) is 5.54 Å². The van der Waals surface area contributed by atoms with Crippen molar-refractivity contribution in [1.29, 1.82) is 0 Å². The zero-order valence-corrected chi connectivity index (χ0v) is 10.6. The topological polar surface area (TPSA) is 86.9 Å². The van der Waals surface area contributed by atoms with Crippen LogP contribution < -0.4 is 11.3 Å². The average Bonchev–Trinajstić information content (AvgIpc) is 3.02. The lowest BCUT2D eigenvalue weighted by molar-refractivity contribution is 0.344. The average molecular weight is 260 g/mol. The highest BCUT2D eigenvalue weighted by atomic mass is 16.5. The minimum absolute atomic E-state index is 0.0921. The van der Waals surface area contributed by atoms with Crippen LogP contribution in [0.4, 0.5) is 0 Å². The third-order valence-corrected chi connectivity index (χ3v) is 3.61. The summed E-state index contributed by atoms with van der Waals surface area (Å²) in [5.41, 5.74) is 5.72. The maximum Gasteiger partial charge on any atom is 0.250 e. The predicted octanol–water partition coefficient (Wildman–Crippen LogP) is 1.01. The highest BCUT2D eigenvalue weighted by molar-refractivity contribution is 5.06. The largest absolute Gasteiger partial charge is 0.337 e. The smallest absolute Gasteiger partial charge is 0.250 e. The van der Waals surface area contributed by atoms with E-state index in [-0.39, 0.29) is 12.1 Å². The molecule has 0 spiro atoms. The van der Waals surface area contributed by atoms with E-state index in [0.717, 1.165) is 25.7 Å². The van der Waals surface area contributed by atoms with Gasteiger partial charge in [0, 0.05) is 12.3 Å². The summed E-state index contributed by atoms with van der Waals surface area (Å²) in [5, 5.41) is 3.97. The second-order valence-corrected chi connectivity index (χ2v) is 5.04. The second kappa shape index (κ2) is 4.62. The van der Waals surface area contributed by atoms with Crippen molar-refractivity contribution in [2.45, 2.75) is 37.8 Å². The van der Waals surface area contributed by atoms with Gasteiger partial charge in [-0.15, -0.1) is 0 Å². The Morgan fingerprint density at radius 1 is 1.37 bits per heavy atom. The fraction of sp³-hybridized carbons (Fsp3) is 0.462. The Kier molecular flexibility index (Phi) is 2.94. The SMILES string of the molecule is NC1(c2noc(Cn3ccccc3=O)n2)CCCC1. The van der Waals surface area contributed by atoms with Gasteiger partial charge in [-0.05, 0) is 18.9 Å². The highest BCUT2D eigenvalue weighted by Gasteiger charge is 2.35. The quantitative estimate of drug-likeness (QED) is 0.889. The fourth-order valence-corrected chi connectivity index (χ4v) is 2.49. The van der Waals surface area contributed by atoms with Crippen molar-refractivity contribution in [3.05, 3.63) is 46.5 Å². The number of hydrogen-bond acceptors (Lipinski definition) is 5. The van der Waals surface area contributed by atoms with E-state index in [9.17, 15) is 4.79 Å². The fourth-order valence-electron chi connectivity index (χ4n) is 2.49. The Morgan fingerprint density at radius 3 is 2.89 bits per heavy atom. The maximum absolute atomic E-state index is 11.6. The molecule has 2 aromatic rings. The van der Waals surface area contributed by atoms with Gasteiger partial charge in [0.15, 0.2) is 5.82 Å². The van der Waals surface area contributed by atoms with Gasteiger partial charge in [0.1, 0.15) is 6.54 Å². The third-order valence-electron chi connectivity index (χ3n) is 3.61. The van der Waals surface area contributed by atoms with Crippen LogP contribution in [-0.4, -0.2) is 14.7 Å². The predicted molar refractivity (Wildman–Crippen MR) is 68.4 cm³/mol. The molecule has 1 aliphatic rings. The first kappa shape index (κ1) is 12.1. The molecule has 1 fully saturated rings. The van der Waals surface area contributed by atoms with Gasteiger partial charge in [-0.25, -0.2) is 0 Å². The van der Waals surface area contributed by atoms with Gasteiger partial charge in [0.2, 0.25) is 5.89 Å². The summed E-state index contributed by atoms with van der Waals surface area (Å²) in [5.74, 6) is 0.976. The molecule has 0 aromatic carbocycles. The Bertz CT molecular complexity index is 625. The van der Waals surface area contributed by atoms with Gasteiger partial charge in [-0.3, -0.25) is 4.79 Å². The Labute approximate surface area is 110 Å². The highest BCUT2D eigenvalue weighted by Crippen LogP contribution is 2.34. The van der Waals surface area contributed by atoms with E-state index in [1.54, 1.807) is 18.3 Å². The standard InChI is InChI=1S/C13H16N4O2/c14-13(6-2-3-7-13)12-15-10(19-16-12)9-17-8-4-1-5-11(17)18/h1,4-5,8H,2-3,6-7,9,14H2. The lowest BCUT2D eigenvalue weighted by Gasteiger charge is -2.17. The maximum atomic E-state index is 11.6. The van der Waals surface area contributed by atoms with Crippen LogP contribution in [0.15, 0.2) is 33.7 Å². The summed E-state index contributed by atoms with van der Waals surface area (Å²) in [6.45, 7) is 0.281. The molecule has 1 aliphatic carbocycles. The number of aromatic nitrogens is 3. The Hall–Kier alpha value is -1.95. The summed E-state index contributed by atoms with van der Waals surface area (Å²) in [7, 11) is 0. The summed E-state index contributed by atoms with van der Waals surface area (Å²) in [4.78, 5) is 15.9. The van der Waals surface area contributed by atoms with Crippen LogP contribution in [0, 0.1) is 0 Å². The third kappa shape index (κ3) is 2.31. The van der Waals surface area contributed by atoms with Gasteiger partial charge < -0.3 is 14.8 Å². The van der Waals surface area contributed by atoms with E-state index in [2.05, 4.69) is 10.1 Å². The number of nitrogens with zero attached hydrogens (tertiary/aromatic N) is 3. The molecule has 1 saturated carbocycles. The van der Waals surface area contributed by atoms with Gasteiger partial charge in [-0.2, -0.15) is 4.98 Å². The Morgan fingerprint density at radius 2 is 2.16 bits per heavy atom. The second-order valence-electron chi connectivity index (χ2n) is 5.04. The molecule has 0 bridgehead atoms. The van der Waals surface area contributed by atoms with Crippen LogP contribution in [0.25, 0.3) is 0 Å². The van der Waals surface area contributed by atoms with Crippen LogP contribution in [0.1, 0.15) is 37.4 Å². The molecule has 19 heavy (non-hydrogen) atoms. The van der Waals surface area contributed by atoms with Crippen molar-refractivity contribution in [3.63, 3.8) is 0 Å². The van der Waals surface area contributed by atoms with E-state index < -0.39 is 5.54 Å². The molecular weight excluding hydrogens is 244 g/mol. The Balaban J connectivity index is 1.82. The van der Waals surface area contributed by atoms with Gasteiger partial charge >= 0.3 is 0 Å². The molecule has 0 saturated heterocycles. The number of nitrogens with two attached hydrogens (primary N) is 1. The number of pyridine rings is 1. The van der Waals surface area contributed by atoms with E-state index in [4.69, 9.17) is 10.3 Å². The van der Waals surface area contributed by atoms with Gasteiger partial charge in [0.25, 0.3) is 5.56 Å². The first-order chi connectivity index (χ1) is 9.17. The lowest BCUT2D eigenvalue weighted by Crippen LogP contribution is -2.34. The monoisotopic (exact) mass is 260 g/mol. The summed E-state index contributed by atoms with van der Waals surface area (Å²) in [6.07, 6.45) is 5.66. The summed E-state index contributed by atoms with van der Waals surface area (Å²) in [6, 6.07) is 4.99. The van der Waals surface area contributed by atoms with Crippen molar-refractivity contribution >= 4 is 0 Å². The van der Waals surface area contributed by atoms with Crippen LogP contribution in [0.3, 0.4) is 0 Å². The van der Waals surface area contributed by atoms with Crippen LogP contribution in [-0.2, 0) is 12.1 Å². The molecule has 2 N–H and O–H groups in total. The van der Waals surface area contributed by atoms with Crippen LogP contribution in [0.2, 0.25) is 0 Å². The molecule has 6 nitrogen and oxygen atoms in total. The van der Waals surface area contributed by atoms with E-state index in [1.165, 1.54) is 10.6 Å². The van der Waals surface area contributed by atoms with E-state index >= 15 is 0 Å². The number of hydrogen-bond donors (Lipinski definition) is 1. The normalized spacial score (nSPS) is 17.7. The van der Waals surface area contributed by atoms with E-state index in [1.807, 2.05) is 0 Å². The molecule has 6 heteroatoms. The molecule has 3 rings (SSSR count). The first-order valence-corrected chi connectivity index (χ1v) is 6.45. The lowest BCUT2D eigenvalue weighted by atomic mass is 9.99. The molecule has 0 amide bonds. The molecular formula is C13H16N4O2. The van der Waals surface area contributed by atoms with Crippen molar-refractivity contribution in [1.82, 2.24) is 14.7 Å². The minimum atomic E-state index is -0.455. The van der Waals surface area contributed by atoms with E-state index in [0.29, 0.717) is 11.7 Å². The summed E-state index contributed by atoms with van der Waals surface area (Å²) >= 11 is 0. The molecule has 0 unspecified atom stereocenters. The van der Waals surface area contributed by atoms with Gasteiger partial charge in [-0.1, -0.05) is 24.1 Å². The number of rotatable bonds is 3. The summed E-state index contributed by atoms with van der Waals surface area (Å²) < 4.78 is 6.72. The van der Waals surface area contributed by atoms with Crippen molar-refractivity contribution in [3.8, 4) is 0 Å². The molecule has 2 heterocycles. The molecule has 0 atom stereocenters. The first-order valence-electron chi connectivity index (χ1n) is 6.45. The van der Waals surface area contributed by atoms with Crippen LogP contribution >= 0.6 is 0 Å². The molecule has 2 aromatic heterocycles. The molecule has 0 radical (unpaired) electrons. The van der Waals surface area contributed by atoms with Crippen molar-refractivity contribution in [2.75, 3.05) is 0 Å². The zero-order chi connectivity index (χ0) is 13.3. The molecule has 0 aliphatic heterocycles. The van der Waals surface area contributed by atoms with Crippen LogP contribution in [0.5, 0.6) is 0 Å². The minimum Gasteiger partial charge on any atom is -0.337 e. The van der Waals surface area contributed by atoms with Crippen molar-refractivity contribution in [2.24, 2.45) is 5.73 Å². The molecule has 100 valence electrons. The zero-order valence-electron chi connectivity index (χ0n) is 10.6.